The first-order valence-corrected chi connectivity index (χ1v) is 5.88. The van der Waals surface area contributed by atoms with Crippen LogP contribution in [0.25, 0.3) is 0 Å². The molecule has 0 aromatic heterocycles. The SMILES string of the molecule is CCCNC1(C(=O)O)CCc2c(F)cccc21. The van der Waals surface area contributed by atoms with Gasteiger partial charge in [-0.15, -0.1) is 0 Å². The van der Waals surface area contributed by atoms with Crippen molar-refractivity contribution >= 4 is 5.97 Å². The minimum Gasteiger partial charge on any atom is -0.480 e. The second-order valence-electron chi connectivity index (χ2n) is 4.40. The molecule has 2 rings (SSSR count). The summed E-state index contributed by atoms with van der Waals surface area (Å²) in [4.78, 5) is 11.5. The van der Waals surface area contributed by atoms with E-state index in [2.05, 4.69) is 5.32 Å². The molecule has 3 nitrogen and oxygen atoms in total. The molecule has 0 heterocycles. The van der Waals surface area contributed by atoms with Crippen molar-refractivity contribution in [2.24, 2.45) is 0 Å². The monoisotopic (exact) mass is 237 g/mol. The lowest BCUT2D eigenvalue weighted by Crippen LogP contribution is -2.47. The number of halogens is 1. The lowest BCUT2D eigenvalue weighted by Gasteiger charge is -2.27. The highest BCUT2D eigenvalue weighted by molar-refractivity contribution is 5.82. The molecule has 92 valence electrons. The number of carboxylic acids is 1. The maximum Gasteiger partial charge on any atom is 0.328 e. The van der Waals surface area contributed by atoms with Crippen molar-refractivity contribution in [2.45, 2.75) is 31.7 Å². The number of benzene rings is 1. The van der Waals surface area contributed by atoms with E-state index in [4.69, 9.17) is 0 Å². The topological polar surface area (TPSA) is 49.3 Å². The Morgan fingerprint density at radius 2 is 2.35 bits per heavy atom. The summed E-state index contributed by atoms with van der Waals surface area (Å²) in [6.45, 7) is 2.59. The van der Waals surface area contributed by atoms with Crippen molar-refractivity contribution in [3.63, 3.8) is 0 Å². The minimum absolute atomic E-state index is 0.302. The summed E-state index contributed by atoms with van der Waals surface area (Å²) in [6, 6.07) is 4.67. The summed E-state index contributed by atoms with van der Waals surface area (Å²) in [5, 5.41) is 12.5. The zero-order chi connectivity index (χ0) is 12.5. The molecule has 1 aromatic carbocycles. The second kappa shape index (κ2) is 4.45. The smallest absolute Gasteiger partial charge is 0.328 e. The molecule has 1 aliphatic carbocycles. The zero-order valence-corrected chi connectivity index (χ0v) is 9.79. The molecule has 4 heteroatoms. The lowest BCUT2D eigenvalue weighted by atomic mass is 9.91. The van der Waals surface area contributed by atoms with Crippen LogP contribution in [0, 0.1) is 5.82 Å². The average Bonchev–Trinajstić information content (AvgIpc) is 2.68. The van der Waals surface area contributed by atoms with Crippen molar-refractivity contribution in [3.8, 4) is 0 Å². The van der Waals surface area contributed by atoms with Crippen LogP contribution in [-0.2, 0) is 16.8 Å². The fourth-order valence-electron chi connectivity index (χ4n) is 2.48. The van der Waals surface area contributed by atoms with E-state index in [1.807, 2.05) is 6.92 Å². The van der Waals surface area contributed by atoms with E-state index in [0.29, 0.717) is 30.5 Å². The maximum absolute atomic E-state index is 13.6. The van der Waals surface area contributed by atoms with Crippen LogP contribution in [0.3, 0.4) is 0 Å². The van der Waals surface area contributed by atoms with Gasteiger partial charge in [-0.2, -0.15) is 0 Å². The Bertz CT molecular complexity index is 447. The highest BCUT2D eigenvalue weighted by atomic mass is 19.1. The molecule has 1 atom stereocenters. The van der Waals surface area contributed by atoms with Crippen molar-refractivity contribution in [3.05, 3.63) is 35.1 Å². The van der Waals surface area contributed by atoms with Gasteiger partial charge in [-0.05, 0) is 43.0 Å². The van der Waals surface area contributed by atoms with Gasteiger partial charge in [0, 0.05) is 0 Å². The van der Waals surface area contributed by atoms with Gasteiger partial charge in [0.2, 0.25) is 0 Å². The van der Waals surface area contributed by atoms with Gasteiger partial charge in [-0.1, -0.05) is 19.1 Å². The Hall–Kier alpha value is -1.42. The van der Waals surface area contributed by atoms with Gasteiger partial charge in [0.1, 0.15) is 11.4 Å². The number of hydrogen-bond donors (Lipinski definition) is 2. The molecule has 0 radical (unpaired) electrons. The van der Waals surface area contributed by atoms with Crippen LogP contribution < -0.4 is 5.32 Å². The van der Waals surface area contributed by atoms with Gasteiger partial charge in [0.05, 0.1) is 0 Å². The van der Waals surface area contributed by atoms with Crippen molar-refractivity contribution in [1.82, 2.24) is 5.32 Å². The van der Waals surface area contributed by atoms with E-state index in [-0.39, 0.29) is 5.82 Å². The first kappa shape index (κ1) is 12.0. The third kappa shape index (κ3) is 1.82. The van der Waals surface area contributed by atoms with E-state index < -0.39 is 11.5 Å². The summed E-state index contributed by atoms with van der Waals surface area (Å²) < 4.78 is 13.6. The third-order valence-electron chi connectivity index (χ3n) is 3.37. The van der Waals surface area contributed by atoms with Crippen molar-refractivity contribution in [1.29, 1.82) is 0 Å². The zero-order valence-electron chi connectivity index (χ0n) is 9.79. The molecular formula is C13H16FNO2. The quantitative estimate of drug-likeness (QED) is 0.842. The number of hydrogen-bond acceptors (Lipinski definition) is 2. The molecule has 1 aliphatic rings. The molecule has 0 aliphatic heterocycles. The summed E-state index contributed by atoms with van der Waals surface area (Å²) in [5.41, 5.74) is 0.0185. The second-order valence-corrected chi connectivity index (χ2v) is 4.40. The van der Waals surface area contributed by atoms with Crippen LogP contribution in [0.2, 0.25) is 0 Å². The van der Waals surface area contributed by atoms with Gasteiger partial charge >= 0.3 is 5.97 Å². The number of fused-ring (bicyclic) bond motifs is 1. The Morgan fingerprint density at radius 1 is 1.59 bits per heavy atom. The Labute approximate surface area is 99.7 Å². The van der Waals surface area contributed by atoms with Crippen LogP contribution >= 0.6 is 0 Å². The third-order valence-corrected chi connectivity index (χ3v) is 3.37. The maximum atomic E-state index is 13.6. The van der Waals surface area contributed by atoms with Crippen molar-refractivity contribution < 1.29 is 14.3 Å². The van der Waals surface area contributed by atoms with Gasteiger partial charge in [-0.3, -0.25) is 5.32 Å². The number of nitrogens with one attached hydrogen (secondary N) is 1. The van der Waals surface area contributed by atoms with Crippen LogP contribution in [0.5, 0.6) is 0 Å². The van der Waals surface area contributed by atoms with E-state index in [0.717, 1.165) is 6.42 Å². The first-order valence-electron chi connectivity index (χ1n) is 5.88. The fourth-order valence-corrected chi connectivity index (χ4v) is 2.48. The van der Waals surface area contributed by atoms with Gasteiger partial charge in [0.25, 0.3) is 0 Å². The summed E-state index contributed by atoms with van der Waals surface area (Å²) >= 11 is 0. The molecule has 1 unspecified atom stereocenters. The number of aliphatic carboxylic acids is 1. The molecule has 0 fully saturated rings. The summed E-state index contributed by atoms with van der Waals surface area (Å²) in [7, 11) is 0. The van der Waals surface area contributed by atoms with E-state index in [9.17, 15) is 14.3 Å². The van der Waals surface area contributed by atoms with E-state index in [1.165, 1.54) is 6.07 Å². The Morgan fingerprint density at radius 3 is 3.00 bits per heavy atom. The number of carboxylic acid groups (broad SMARTS) is 1. The van der Waals surface area contributed by atoms with E-state index in [1.54, 1.807) is 12.1 Å². The summed E-state index contributed by atoms with van der Waals surface area (Å²) in [6.07, 6.45) is 1.74. The first-order chi connectivity index (χ1) is 8.12. The van der Waals surface area contributed by atoms with Crippen LogP contribution in [0.15, 0.2) is 18.2 Å². The fraction of sp³-hybridized carbons (Fsp3) is 0.462. The van der Waals surface area contributed by atoms with Crippen molar-refractivity contribution in [2.75, 3.05) is 6.54 Å². The predicted molar refractivity (Wildman–Crippen MR) is 62.3 cm³/mol. The highest BCUT2D eigenvalue weighted by Gasteiger charge is 2.45. The molecule has 17 heavy (non-hydrogen) atoms. The van der Waals surface area contributed by atoms with Crippen LogP contribution in [0.1, 0.15) is 30.9 Å². The number of carbonyl (C=O) groups is 1. The lowest BCUT2D eigenvalue weighted by molar-refractivity contribution is -0.145. The van der Waals surface area contributed by atoms with Crippen LogP contribution in [0.4, 0.5) is 4.39 Å². The molecule has 0 saturated heterocycles. The predicted octanol–water partition coefficient (Wildman–Crippen LogP) is 2.05. The van der Waals surface area contributed by atoms with Gasteiger partial charge in [-0.25, -0.2) is 9.18 Å². The molecule has 0 saturated carbocycles. The Balaban J connectivity index is 2.45. The normalized spacial score (nSPS) is 22.5. The van der Waals surface area contributed by atoms with Gasteiger partial charge < -0.3 is 5.11 Å². The summed E-state index contributed by atoms with van der Waals surface area (Å²) in [5.74, 6) is -1.22. The average molecular weight is 237 g/mol. The highest BCUT2D eigenvalue weighted by Crippen LogP contribution is 2.38. The van der Waals surface area contributed by atoms with E-state index >= 15 is 0 Å². The molecule has 0 spiro atoms. The molecule has 2 N–H and O–H groups in total. The molecule has 0 amide bonds. The largest absolute Gasteiger partial charge is 0.480 e. The molecule has 1 aromatic rings. The molecule has 0 bridgehead atoms. The standard InChI is InChI=1S/C13H16FNO2/c1-2-8-15-13(12(16)17)7-6-9-10(13)4-3-5-11(9)14/h3-5,15H,2,6-8H2,1H3,(H,16,17). The molecular weight excluding hydrogens is 221 g/mol. The van der Waals surface area contributed by atoms with Crippen LogP contribution in [-0.4, -0.2) is 17.6 Å². The van der Waals surface area contributed by atoms with Gasteiger partial charge in [0.15, 0.2) is 0 Å². The Kier molecular flexibility index (Phi) is 3.15. The minimum atomic E-state index is -1.10. The number of rotatable bonds is 4.